The highest BCUT2D eigenvalue weighted by Gasteiger charge is 2.42. The van der Waals surface area contributed by atoms with Crippen molar-refractivity contribution < 1.29 is 9.90 Å². The molecule has 0 atom stereocenters. The van der Waals surface area contributed by atoms with Crippen LogP contribution >= 0.6 is 0 Å². The van der Waals surface area contributed by atoms with Crippen LogP contribution in [0.2, 0.25) is 0 Å². The van der Waals surface area contributed by atoms with Crippen molar-refractivity contribution in [1.82, 2.24) is 0 Å². The maximum Gasteiger partial charge on any atom is 0.313 e. The highest BCUT2D eigenvalue weighted by atomic mass is 16.4. The first-order valence-electron chi connectivity index (χ1n) is 5.85. The molecule has 1 fully saturated rings. The lowest BCUT2D eigenvalue weighted by Gasteiger charge is -2.36. The molecule has 0 unspecified atom stereocenters. The molecule has 0 aliphatic heterocycles. The summed E-state index contributed by atoms with van der Waals surface area (Å²) < 4.78 is 0. The second kappa shape index (κ2) is 4.21. The van der Waals surface area contributed by atoms with Gasteiger partial charge >= 0.3 is 5.97 Å². The third-order valence-corrected chi connectivity index (χ3v) is 3.75. The molecule has 0 aromatic heterocycles. The molecule has 1 N–H and O–H groups in total. The molecule has 0 saturated heterocycles. The van der Waals surface area contributed by atoms with Gasteiger partial charge in [0.15, 0.2) is 0 Å². The van der Waals surface area contributed by atoms with Crippen LogP contribution in [-0.4, -0.2) is 11.1 Å². The predicted molar refractivity (Wildman–Crippen MR) is 59.6 cm³/mol. The van der Waals surface area contributed by atoms with Crippen LogP contribution in [0.3, 0.4) is 0 Å². The van der Waals surface area contributed by atoms with E-state index in [4.69, 9.17) is 0 Å². The lowest BCUT2D eigenvalue weighted by atomic mass is 9.67. The number of carboxylic acids is 1. The molecule has 82 valence electrons. The van der Waals surface area contributed by atoms with Gasteiger partial charge in [-0.1, -0.05) is 43.1 Å². The zero-order valence-electron chi connectivity index (χ0n) is 9.04. The van der Waals surface area contributed by atoms with E-state index in [0.29, 0.717) is 0 Å². The Morgan fingerprint density at radius 1 is 1.27 bits per heavy atom. The smallest absolute Gasteiger partial charge is 0.313 e. The van der Waals surface area contributed by atoms with Gasteiger partial charge < -0.3 is 5.11 Å². The standard InChI is InChI=1S/C13H18O2/c14-12(15)13(9-5-2-6-10-13)11-7-3-1-4-8-11/h1,3,7H,2,4-6,8-10H2,(H,14,15). The Balaban J connectivity index is 2.28. The number of carboxylic acid groups (broad SMARTS) is 1. The maximum absolute atomic E-state index is 11.5. The summed E-state index contributed by atoms with van der Waals surface area (Å²) in [6.45, 7) is 0. The monoisotopic (exact) mass is 206 g/mol. The second-order valence-electron chi connectivity index (χ2n) is 4.61. The Morgan fingerprint density at radius 2 is 2.00 bits per heavy atom. The van der Waals surface area contributed by atoms with Crippen LogP contribution < -0.4 is 0 Å². The first-order valence-corrected chi connectivity index (χ1v) is 5.85. The summed E-state index contributed by atoms with van der Waals surface area (Å²) in [5.74, 6) is -0.608. The third-order valence-electron chi connectivity index (χ3n) is 3.75. The molecule has 2 nitrogen and oxygen atoms in total. The largest absolute Gasteiger partial charge is 0.481 e. The van der Waals surface area contributed by atoms with Crippen LogP contribution in [0.1, 0.15) is 44.9 Å². The van der Waals surface area contributed by atoms with Gasteiger partial charge in [-0.05, 0) is 25.7 Å². The van der Waals surface area contributed by atoms with Crippen LogP contribution in [0.15, 0.2) is 23.8 Å². The van der Waals surface area contributed by atoms with E-state index >= 15 is 0 Å². The van der Waals surface area contributed by atoms with Crippen molar-refractivity contribution in [2.45, 2.75) is 44.9 Å². The van der Waals surface area contributed by atoms with Gasteiger partial charge in [-0.2, -0.15) is 0 Å². The molecule has 0 aromatic carbocycles. The Kier molecular flexibility index (Phi) is 2.94. The van der Waals surface area contributed by atoms with Crippen LogP contribution in [0.4, 0.5) is 0 Å². The molecular formula is C13H18O2. The summed E-state index contributed by atoms with van der Waals surface area (Å²) in [6, 6.07) is 0. The van der Waals surface area contributed by atoms with E-state index in [-0.39, 0.29) is 0 Å². The Labute approximate surface area is 90.7 Å². The van der Waals surface area contributed by atoms with Gasteiger partial charge in [0, 0.05) is 0 Å². The number of carbonyl (C=O) groups is 1. The molecule has 0 radical (unpaired) electrons. The van der Waals surface area contributed by atoms with E-state index in [1.807, 2.05) is 12.2 Å². The molecule has 15 heavy (non-hydrogen) atoms. The minimum atomic E-state index is -0.608. The van der Waals surface area contributed by atoms with Crippen molar-refractivity contribution in [3.8, 4) is 0 Å². The fourth-order valence-electron chi connectivity index (χ4n) is 2.83. The van der Waals surface area contributed by atoms with Gasteiger partial charge in [0.25, 0.3) is 0 Å². The van der Waals surface area contributed by atoms with E-state index in [1.165, 1.54) is 6.42 Å². The average molecular weight is 206 g/mol. The van der Waals surface area contributed by atoms with E-state index in [9.17, 15) is 9.90 Å². The number of rotatable bonds is 2. The lowest BCUT2D eigenvalue weighted by molar-refractivity contribution is -0.148. The van der Waals surface area contributed by atoms with Gasteiger partial charge in [-0.25, -0.2) is 0 Å². The molecule has 0 heterocycles. The first kappa shape index (κ1) is 10.5. The number of hydrogen-bond donors (Lipinski definition) is 1. The summed E-state index contributed by atoms with van der Waals surface area (Å²) in [4.78, 5) is 11.5. The van der Waals surface area contributed by atoms with Crippen molar-refractivity contribution in [2.24, 2.45) is 5.41 Å². The lowest BCUT2D eigenvalue weighted by Crippen LogP contribution is -2.35. The highest BCUT2D eigenvalue weighted by Crippen LogP contribution is 2.45. The Hall–Kier alpha value is -1.05. The summed E-state index contributed by atoms with van der Waals surface area (Å²) in [5.41, 5.74) is 0.625. The van der Waals surface area contributed by atoms with Crippen molar-refractivity contribution in [3.63, 3.8) is 0 Å². The zero-order chi connectivity index (χ0) is 10.7. The van der Waals surface area contributed by atoms with Crippen molar-refractivity contribution in [2.75, 3.05) is 0 Å². The second-order valence-corrected chi connectivity index (χ2v) is 4.61. The van der Waals surface area contributed by atoms with Gasteiger partial charge in [0.2, 0.25) is 0 Å². The maximum atomic E-state index is 11.5. The molecule has 0 amide bonds. The van der Waals surface area contributed by atoms with Crippen molar-refractivity contribution >= 4 is 5.97 Å². The van der Waals surface area contributed by atoms with Gasteiger partial charge in [0.1, 0.15) is 0 Å². The molecule has 0 bridgehead atoms. The predicted octanol–water partition coefficient (Wildman–Crippen LogP) is 3.30. The fourth-order valence-corrected chi connectivity index (χ4v) is 2.83. The van der Waals surface area contributed by atoms with Gasteiger partial charge in [-0.3, -0.25) is 4.79 Å². The van der Waals surface area contributed by atoms with Crippen LogP contribution in [0, 0.1) is 5.41 Å². The van der Waals surface area contributed by atoms with Crippen LogP contribution in [0.5, 0.6) is 0 Å². The topological polar surface area (TPSA) is 37.3 Å². The summed E-state index contributed by atoms with van der Waals surface area (Å²) in [6.07, 6.45) is 13.1. The normalized spacial score (nSPS) is 24.7. The number of aliphatic carboxylic acids is 1. The molecule has 0 aromatic rings. The van der Waals surface area contributed by atoms with Crippen molar-refractivity contribution in [3.05, 3.63) is 23.8 Å². The molecule has 0 spiro atoms. The average Bonchev–Trinajstić information content (AvgIpc) is 2.31. The molecular weight excluding hydrogens is 188 g/mol. The third kappa shape index (κ3) is 1.85. The molecule has 1 saturated carbocycles. The van der Waals surface area contributed by atoms with Crippen LogP contribution in [0.25, 0.3) is 0 Å². The molecule has 2 heteroatoms. The fraction of sp³-hybridized carbons (Fsp3) is 0.615. The minimum absolute atomic E-state index is 0.525. The van der Waals surface area contributed by atoms with Crippen LogP contribution in [-0.2, 0) is 4.79 Å². The zero-order valence-corrected chi connectivity index (χ0v) is 9.04. The molecule has 2 rings (SSSR count). The minimum Gasteiger partial charge on any atom is -0.481 e. The SMILES string of the molecule is O=C(O)C1(C2=CC=CCC2)CCCCC1. The molecule has 2 aliphatic rings. The summed E-state index contributed by atoms with van der Waals surface area (Å²) in [7, 11) is 0. The summed E-state index contributed by atoms with van der Waals surface area (Å²) in [5, 5.41) is 9.48. The summed E-state index contributed by atoms with van der Waals surface area (Å²) >= 11 is 0. The number of allylic oxidation sites excluding steroid dienone is 3. The molecule has 2 aliphatic carbocycles. The van der Waals surface area contributed by atoms with E-state index in [2.05, 4.69) is 6.08 Å². The highest BCUT2D eigenvalue weighted by molar-refractivity contribution is 5.79. The van der Waals surface area contributed by atoms with Crippen molar-refractivity contribution in [1.29, 1.82) is 0 Å². The van der Waals surface area contributed by atoms with E-state index < -0.39 is 11.4 Å². The Morgan fingerprint density at radius 3 is 2.53 bits per heavy atom. The quantitative estimate of drug-likeness (QED) is 0.752. The Bertz CT molecular complexity index is 306. The first-order chi connectivity index (χ1) is 7.26. The van der Waals surface area contributed by atoms with Gasteiger partial charge in [-0.15, -0.1) is 0 Å². The number of hydrogen-bond acceptors (Lipinski definition) is 1. The van der Waals surface area contributed by atoms with E-state index in [1.54, 1.807) is 0 Å². The van der Waals surface area contributed by atoms with E-state index in [0.717, 1.165) is 44.1 Å². The van der Waals surface area contributed by atoms with Gasteiger partial charge in [0.05, 0.1) is 5.41 Å².